The zero-order valence-corrected chi connectivity index (χ0v) is 9.63. The molecule has 0 heterocycles. The number of nitrogens with one attached hydrogen (secondary N) is 1. The number of hydrogen-bond acceptors (Lipinski definition) is 1. The SMILES string of the molecule is CCCCCN[C@H]1CCc2ccccc21. The second kappa shape index (κ2) is 5.32. The van der Waals surface area contributed by atoms with Gasteiger partial charge in [-0.2, -0.15) is 0 Å². The van der Waals surface area contributed by atoms with Gasteiger partial charge in [0.15, 0.2) is 0 Å². The monoisotopic (exact) mass is 203 g/mol. The van der Waals surface area contributed by atoms with E-state index in [0.717, 1.165) is 0 Å². The number of benzene rings is 1. The molecule has 2 rings (SSSR count). The van der Waals surface area contributed by atoms with Crippen molar-refractivity contribution in [1.29, 1.82) is 0 Å². The van der Waals surface area contributed by atoms with Gasteiger partial charge in [-0.25, -0.2) is 0 Å². The second-order valence-electron chi connectivity index (χ2n) is 4.45. The van der Waals surface area contributed by atoms with Crippen molar-refractivity contribution in [3.8, 4) is 0 Å². The van der Waals surface area contributed by atoms with E-state index in [4.69, 9.17) is 0 Å². The molecule has 0 fully saturated rings. The normalized spacial score (nSPS) is 19.1. The molecule has 0 amide bonds. The second-order valence-corrected chi connectivity index (χ2v) is 4.45. The van der Waals surface area contributed by atoms with Crippen molar-refractivity contribution in [1.82, 2.24) is 5.32 Å². The fourth-order valence-corrected chi connectivity index (χ4v) is 2.42. The molecule has 0 unspecified atom stereocenters. The highest BCUT2D eigenvalue weighted by molar-refractivity contribution is 5.34. The molecule has 1 heteroatoms. The molecule has 1 aliphatic rings. The molecule has 0 aromatic heterocycles. The van der Waals surface area contributed by atoms with Crippen LogP contribution >= 0.6 is 0 Å². The van der Waals surface area contributed by atoms with Crippen LogP contribution in [0.4, 0.5) is 0 Å². The highest BCUT2D eigenvalue weighted by Crippen LogP contribution is 2.30. The van der Waals surface area contributed by atoms with Gasteiger partial charge >= 0.3 is 0 Å². The van der Waals surface area contributed by atoms with Crippen molar-refractivity contribution in [3.05, 3.63) is 35.4 Å². The lowest BCUT2D eigenvalue weighted by molar-refractivity contribution is 0.511. The molecule has 1 aliphatic carbocycles. The van der Waals surface area contributed by atoms with Gasteiger partial charge in [0, 0.05) is 6.04 Å². The maximum atomic E-state index is 3.67. The van der Waals surface area contributed by atoms with Crippen LogP contribution in [0.2, 0.25) is 0 Å². The fraction of sp³-hybridized carbons (Fsp3) is 0.571. The van der Waals surface area contributed by atoms with Crippen molar-refractivity contribution in [3.63, 3.8) is 0 Å². The molecular formula is C14H21N. The van der Waals surface area contributed by atoms with Crippen molar-refractivity contribution in [2.24, 2.45) is 0 Å². The minimum atomic E-state index is 0.623. The molecule has 1 atom stereocenters. The Morgan fingerprint density at radius 3 is 3.00 bits per heavy atom. The van der Waals surface area contributed by atoms with Gasteiger partial charge in [-0.1, -0.05) is 44.0 Å². The lowest BCUT2D eigenvalue weighted by Gasteiger charge is -2.13. The predicted octanol–water partition coefficient (Wildman–Crippen LogP) is 3.45. The topological polar surface area (TPSA) is 12.0 Å². The van der Waals surface area contributed by atoms with Crippen LogP contribution in [0.5, 0.6) is 0 Å². The summed E-state index contributed by atoms with van der Waals surface area (Å²) in [5.41, 5.74) is 3.08. The summed E-state index contributed by atoms with van der Waals surface area (Å²) in [5, 5.41) is 3.67. The maximum absolute atomic E-state index is 3.67. The molecule has 1 N–H and O–H groups in total. The largest absolute Gasteiger partial charge is 0.310 e. The van der Waals surface area contributed by atoms with Gasteiger partial charge in [-0.15, -0.1) is 0 Å². The third-order valence-electron chi connectivity index (χ3n) is 3.30. The Balaban J connectivity index is 1.85. The van der Waals surface area contributed by atoms with Gasteiger partial charge in [-0.3, -0.25) is 0 Å². The summed E-state index contributed by atoms with van der Waals surface area (Å²) in [6.07, 6.45) is 6.51. The number of unbranched alkanes of at least 4 members (excludes halogenated alkanes) is 2. The predicted molar refractivity (Wildman–Crippen MR) is 65.0 cm³/mol. The first kappa shape index (κ1) is 10.7. The quantitative estimate of drug-likeness (QED) is 0.723. The standard InChI is InChI=1S/C14H21N/c1-2-3-6-11-15-14-10-9-12-7-4-5-8-13(12)14/h4-5,7-8,14-15H,2-3,6,9-11H2,1H3/t14-/m0/s1. The summed E-state index contributed by atoms with van der Waals surface area (Å²) in [7, 11) is 0. The van der Waals surface area contributed by atoms with Crippen LogP contribution in [0.15, 0.2) is 24.3 Å². The summed E-state index contributed by atoms with van der Waals surface area (Å²) >= 11 is 0. The summed E-state index contributed by atoms with van der Waals surface area (Å²) in [6.45, 7) is 3.43. The Hall–Kier alpha value is -0.820. The van der Waals surface area contributed by atoms with E-state index in [1.54, 1.807) is 5.56 Å². The summed E-state index contributed by atoms with van der Waals surface area (Å²) < 4.78 is 0. The molecule has 0 radical (unpaired) electrons. The number of aryl methyl sites for hydroxylation is 1. The molecule has 82 valence electrons. The lowest BCUT2D eigenvalue weighted by Crippen LogP contribution is -2.20. The first-order valence-electron chi connectivity index (χ1n) is 6.23. The number of rotatable bonds is 5. The summed E-state index contributed by atoms with van der Waals surface area (Å²) in [6, 6.07) is 9.48. The average molecular weight is 203 g/mol. The third-order valence-corrected chi connectivity index (χ3v) is 3.30. The van der Waals surface area contributed by atoms with Crippen LogP contribution in [-0.4, -0.2) is 6.54 Å². The van der Waals surface area contributed by atoms with Crippen molar-refractivity contribution in [2.75, 3.05) is 6.54 Å². The summed E-state index contributed by atoms with van der Waals surface area (Å²) in [4.78, 5) is 0. The van der Waals surface area contributed by atoms with Gasteiger partial charge in [0.25, 0.3) is 0 Å². The van der Waals surface area contributed by atoms with E-state index in [-0.39, 0.29) is 0 Å². The molecule has 0 aliphatic heterocycles. The fourth-order valence-electron chi connectivity index (χ4n) is 2.42. The molecule has 0 bridgehead atoms. The van der Waals surface area contributed by atoms with Crippen LogP contribution in [0.25, 0.3) is 0 Å². The minimum Gasteiger partial charge on any atom is -0.310 e. The molecule has 1 nitrogen and oxygen atoms in total. The van der Waals surface area contributed by atoms with E-state index in [0.29, 0.717) is 6.04 Å². The third kappa shape index (κ3) is 2.60. The Kier molecular flexibility index (Phi) is 3.79. The Morgan fingerprint density at radius 1 is 1.27 bits per heavy atom. The Labute approximate surface area is 92.9 Å². The Bertz CT molecular complexity index is 306. The molecule has 1 aromatic rings. The average Bonchev–Trinajstić information content (AvgIpc) is 2.68. The molecular weight excluding hydrogens is 182 g/mol. The first-order chi connectivity index (χ1) is 7.42. The smallest absolute Gasteiger partial charge is 0.0326 e. The molecule has 15 heavy (non-hydrogen) atoms. The van der Waals surface area contributed by atoms with E-state index >= 15 is 0 Å². The highest BCUT2D eigenvalue weighted by Gasteiger charge is 2.20. The van der Waals surface area contributed by atoms with E-state index < -0.39 is 0 Å². The Morgan fingerprint density at radius 2 is 2.13 bits per heavy atom. The van der Waals surface area contributed by atoms with E-state index in [1.807, 2.05) is 0 Å². The molecule has 0 spiro atoms. The van der Waals surface area contributed by atoms with Crippen LogP contribution in [0.1, 0.15) is 49.8 Å². The van der Waals surface area contributed by atoms with Crippen molar-refractivity contribution >= 4 is 0 Å². The van der Waals surface area contributed by atoms with E-state index in [1.165, 1.54) is 44.2 Å². The maximum Gasteiger partial charge on any atom is 0.0326 e. The highest BCUT2D eigenvalue weighted by atomic mass is 14.9. The van der Waals surface area contributed by atoms with Gasteiger partial charge in [0.05, 0.1) is 0 Å². The zero-order valence-electron chi connectivity index (χ0n) is 9.63. The zero-order chi connectivity index (χ0) is 10.5. The van der Waals surface area contributed by atoms with Gasteiger partial charge in [-0.05, 0) is 36.9 Å². The molecule has 0 saturated heterocycles. The van der Waals surface area contributed by atoms with Gasteiger partial charge in [0.1, 0.15) is 0 Å². The minimum absolute atomic E-state index is 0.623. The first-order valence-corrected chi connectivity index (χ1v) is 6.23. The van der Waals surface area contributed by atoms with Crippen molar-refractivity contribution in [2.45, 2.75) is 45.1 Å². The number of hydrogen-bond donors (Lipinski definition) is 1. The van der Waals surface area contributed by atoms with Crippen LogP contribution in [0.3, 0.4) is 0 Å². The van der Waals surface area contributed by atoms with Crippen molar-refractivity contribution < 1.29 is 0 Å². The van der Waals surface area contributed by atoms with Gasteiger partial charge in [0.2, 0.25) is 0 Å². The van der Waals surface area contributed by atoms with Crippen LogP contribution in [-0.2, 0) is 6.42 Å². The number of fused-ring (bicyclic) bond motifs is 1. The lowest BCUT2D eigenvalue weighted by atomic mass is 10.1. The van der Waals surface area contributed by atoms with E-state index in [9.17, 15) is 0 Å². The van der Waals surface area contributed by atoms with Crippen LogP contribution in [0, 0.1) is 0 Å². The molecule has 1 aromatic carbocycles. The molecule has 0 saturated carbocycles. The van der Waals surface area contributed by atoms with E-state index in [2.05, 4.69) is 36.5 Å². The van der Waals surface area contributed by atoms with Gasteiger partial charge < -0.3 is 5.32 Å². The summed E-state index contributed by atoms with van der Waals surface area (Å²) in [5.74, 6) is 0. The van der Waals surface area contributed by atoms with Crippen LogP contribution < -0.4 is 5.32 Å².